The van der Waals surface area contributed by atoms with Crippen LogP contribution in [0, 0.1) is 6.07 Å². The van der Waals surface area contributed by atoms with Gasteiger partial charge in [0.1, 0.15) is 0 Å². The quantitative estimate of drug-likeness (QED) is 0.598. The van der Waals surface area contributed by atoms with Gasteiger partial charge in [0.15, 0.2) is 0 Å². The molecule has 0 atom stereocenters. The molecule has 3 heteroatoms. The Hall–Kier alpha value is -0.990. The van der Waals surface area contributed by atoms with Gasteiger partial charge in [0.2, 0.25) is 0 Å². The predicted molar refractivity (Wildman–Crippen MR) is 49.0 cm³/mol. The summed E-state index contributed by atoms with van der Waals surface area (Å²) in [4.78, 5) is 0. The molecule has 0 aliphatic rings. The van der Waals surface area contributed by atoms with Gasteiger partial charge >= 0.3 is 6.18 Å². The summed E-state index contributed by atoms with van der Waals surface area (Å²) in [5, 5.41) is 0. The Morgan fingerprint density at radius 2 is 1.64 bits per heavy atom. The minimum Gasteiger partial charge on any atom is -0.166 e. The fourth-order valence-corrected chi connectivity index (χ4v) is 1.30. The van der Waals surface area contributed by atoms with Crippen LogP contribution in [0.15, 0.2) is 18.2 Å². The third-order valence-corrected chi connectivity index (χ3v) is 1.98. The van der Waals surface area contributed by atoms with E-state index >= 15 is 0 Å². The van der Waals surface area contributed by atoms with E-state index in [4.69, 9.17) is 0 Å². The maximum absolute atomic E-state index is 12.6. The molecule has 0 bridgehead atoms. The average Bonchev–Trinajstić information content (AvgIpc) is 2.01. The van der Waals surface area contributed by atoms with E-state index in [-0.39, 0.29) is 5.56 Å². The van der Waals surface area contributed by atoms with Crippen LogP contribution in [0.1, 0.15) is 31.9 Å². The van der Waals surface area contributed by atoms with Gasteiger partial charge in [-0.1, -0.05) is 32.9 Å². The van der Waals surface area contributed by atoms with Crippen molar-refractivity contribution < 1.29 is 13.2 Å². The number of halogens is 3. The molecule has 1 aromatic rings. The van der Waals surface area contributed by atoms with E-state index in [0.717, 1.165) is 6.07 Å². The number of benzene rings is 1. The Bertz CT molecular complexity index is 285. The zero-order valence-electron chi connectivity index (χ0n) is 8.37. The summed E-state index contributed by atoms with van der Waals surface area (Å²) in [6, 6.07) is 6.45. The Labute approximate surface area is 81.8 Å². The van der Waals surface area contributed by atoms with Crippen LogP contribution in [0.3, 0.4) is 0 Å². The van der Waals surface area contributed by atoms with Crippen molar-refractivity contribution in [2.45, 2.75) is 32.4 Å². The molecule has 1 rings (SSSR count). The zero-order chi connectivity index (χ0) is 11.0. The average molecular weight is 201 g/mol. The van der Waals surface area contributed by atoms with E-state index < -0.39 is 17.2 Å². The highest BCUT2D eigenvalue weighted by molar-refractivity contribution is 5.34. The number of hydrogen-bond acceptors (Lipinski definition) is 0. The summed E-state index contributed by atoms with van der Waals surface area (Å²) < 4.78 is 37.7. The van der Waals surface area contributed by atoms with Crippen LogP contribution >= 0.6 is 0 Å². The molecule has 0 saturated carbocycles. The van der Waals surface area contributed by atoms with Crippen molar-refractivity contribution in [2.75, 3.05) is 0 Å². The van der Waals surface area contributed by atoms with Crippen molar-refractivity contribution >= 4 is 0 Å². The molecule has 0 spiro atoms. The van der Waals surface area contributed by atoms with E-state index in [0.29, 0.717) is 0 Å². The Morgan fingerprint density at radius 1 is 1.07 bits per heavy atom. The lowest BCUT2D eigenvalue weighted by molar-refractivity contribution is -0.138. The number of alkyl halides is 3. The smallest absolute Gasteiger partial charge is 0.166 e. The molecule has 0 amide bonds. The van der Waals surface area contributed by atoms with Gasteiger partial charge in [-0.15, -0.1) is 0 Å². The molecule has 0 N–H and O–H groups in total. The van der Waals surface area contributed by atoms with E-state index in [1.807, 2.05) is 0 Å². The summed E-state index contributed by atoms with van der Waals surface area (Å²) in [7, 11) is 0. The lowest BCUT2D eigenvalue weighted by Gasteiger charge is -2.23. The van der Waals surface area contributed by atoms with Crippen LogP contribution in [-0.4, -0.2) is 0 Å². The third kappa shape index (κ3) is 2.28. The van der Waals surface area contributed by atoms with Crippen LogP contribution in [0.4, 0.5) is 13.2 Å². The fourth-order valence-electron chi connectivity index (χ4n) is 1.30. The first-order valence-corrected chi connectivity index (χ1v) is 4.30. The molecule has 0 saturated heterocycles. The van der Waals surface area contributed by atoms with Gasteiger partial charge in [0, 0.05) is 0 Å². The largest absolute Gasteiger partial charge is 0.416 e. The molecule has 14 heavy (non-hydrogen) atoms. The lowest BCUT2D eigenvalue weighted by atomic mass is 9.83. The second-order valence-electron chi connectivity index (χ2n) is 4.22. The highest BCUT2D eigenvalue weighted by Gasteiger charge is 2.35. The second-order valence-corrected chi connectivity index (χ2v) is 4.22. The highest BCUT2D eigenvalue weighted by Crippen LogP contribution is 2.36. The van der Waals surface area contributed by atoms with Gasteiger partial charge in [-0.25, -0.2) is 0 Å². The maximum Gasteiger partial charge on any atom is 0.416 e. The minimum absolute atomic E-state index is 0.285. The third-order valence-electron chi connectivity index (χ3n) is 1.98. The number of hydrogen-bond donors (Lipinski definition) is 0. The SMILES string of the molecule is CC(C)(C)c1c[c]ccc1C(F)(F)F. The van der Waals surface area contributed by atoms with Gasteiger partial charge in [-0.3, -0.25) is 0 Å². The molecule has 0 aliphatic heterocycles. The molecule has 0 aromatic heterocycles. The summed E-state index contributed by atoms with van der Waals surface area (Å²) >= 11 is 0. The van der Waals surface area contributed by atoms with Gasteiger partial charge in [-0.05, 0) is 23.1 Å². The van der Waals surface area contributed by atoms with E-state index in [9.17, 15) is 13.2 Å². The molecule has 0 fully saturated rings. The highest BCUT2D eigenvalue weighted by atomic mass is 19.4. The maximum atomic E-state index is 12.6. The van der Waals surface area contributed by atoms with E-state index in [1.54, 1.807) is 20.8 Å². The van der Waals surface area contributed by atoms with Crippen LogP contribution < -0.4 is 0 Å². The lowest BCUT2D eigenvalue weighted by Crippen LogP contribution is -2.19. The second kappa shape index (κ2) is 3.30. The Morgan fingerprint density at radius 3 is 2.00 bits per heavy atom. The van der Waals surface area contributed by atoms with E-state index in [2.05, 4.69) is 6.07 Å². The van der Waals surface area contributed by atoms with Gasteiger partial charge in [-0.2, -0.15) is 13.2 Å². The normalized spacial score (nSPS) is 13.0. The van der Waals surface area contributed by atoms with Crippen LogP contribution in [-0.2, 0) is 11.6 Å². The molecule has 1 radical (unpaired) electrons. The van der Waals surface area contributed by atoms with Crippen molar-refractivity contribution in [1.82, 2.24) is 0 Å². The molecule has 77 valence electrons. The summed E-state index contributed by atoms with van der Waals surface area (Å²) in [6.45, 7) is 5.27. The van der Waals surface area contributed by atoms with Crippen molar-refractivity contribution in [3.8, 4) is 0 Å². The molecular weight excluding hydrogens is 189 g/mol. The monoisotopic (exact) mass is 201 g/mol. The van der Waals surface area contributed by atoms with E-state index in [1.165, 1.54) is 12.1 Å². The Kier molecular flexibility index (Phi) is 2.61. The number of rotatable bonds is 0. The first kappa shape index (κ1) is 11.1. The summed E-state index contributed by atoms with van der Waals surface area (Å²) in [6.07, 6.45) is -4.28. The summed E-state index contributed by atoms with van der Waals surface area (Å²) in [5.74, 6) is 0. The van der Waals surface area contributed by atoms with Crippen LogP contribution in [0.5, 0.6) is 0 Å². The Balaban J connectivity index is 3.31. The van der Waals surface area contributed by atoms with Crippen molar-refractivity contribution in [3.05, 3.63) is 35.4 Å². The first-order chi connectivity index (χ1) is 6.23. The first-order valence-electron chi connectivity index (χ1n) is 4.30. The molecule has 0 nitrogen and oxygen atoms in total. The van der Waals surface area contributed by atoms with Crippen molar-refractivity contribution in [2.24, 2.45) is 0 Å². The van der Waals surface area contributed by atoms with Crippen LogP contribution in [0.2, 0.25) is 0 Å². The van der Waals surface area contributed by atoms with Crippen molar-refractivity contribution in [3.63, 3.8) is 0 Å². The van der Waals surface area contributed by atoms with Gasteiger partial charge in [0.05, 0.1) is 5.56 Å². The molecule has 0 unspecified atom stereocenters. The van der Waals surface area contributed by atoms with Gasteiger partial charge in [0.25, 0.3) is 0 Å². The standard InChI is InChI=1S/C11H12F3/c1-10(2,3)8-6-4-5-7-9(8)11(12,13)14/h5-7H,1-3H3. The summed E-state index contributed by atoms with van der Waals surface area (Å²) in [5.41, 5.74) is -0.793. The van der Waals surface area contributed by atoms with Crippen LogP contribution in [0.25, 0.3) is 0 Å². The molecule has 0 heterocycles. The van der Waals surface area contributed by atoms with Gasteiger partial charge < -0.3 is 0 Å². The zero-order valence-corrected chi connectivity index (χ0v) is 8.37. The molecular formula is C11H12F3. The van der Waals surface area contributed by atoms with Crippen molar-refractivity contribution in [1.29, 1.82) is 0 Å². The molecule has 1 aromatic carbocycles. The predicted octanol–water partition coefficient (Wildman–Crippen LogP) is 3.80. The molecule has 0 aliphatic carbocycles. The topological polar surface area (TPSA) is 0 Å². The fraction of sp³-hybridized carbons (Fsp3) is 0.455. The minimum atomic E-state index is -4.28.